The van der Waals surface area contributed by atoms with Crippen LogP contribution in [0, 0.1) is 11.3 Å². The fourth-order valence-corrected chi connectivity index (χ4v) is 2.14. The van der Waals surface area contributed by atoms with Crippen molar-refractivity contribution in [1.82, 2.24) is 0 Å². The number of hydrogen-bond donors (Lipinski definition) is 0. The minimum atomic E-state index is 0.403. The van der Waals surface area contributed by atoms with Crippen LogP contribution in [-0.4, -0.2) is 13.7 Å². The van der Waals surface area contributed by atoms with Gasteiger partial charge in [-0.15, -0.1) is 0 Å². The lowest BCUT2D eigenvalue weighted by Gasteiger charge is -2.10. The molecule has 116 valence electrons. The normalized spacial score (nSPS) is 10.7. The second-order valence-corrected chi connectivity index (χ2v) is 5.12. The van der Waals surface area contributed by atoms with Gasteiger partial charge in [-0.05, 0) is 41.5 Å². The van der Waals surface area contributed by atoms with Gasteiger partial charge >= 0.3 is 0 Å². The predicted molar refractivity (Wildman–Crippen MR) is 93.6 cm³/mol. The summed E-state index contributed by atoms with van der Waals surface area (Å²) in [6, 6.07) is 14.9. The van der Waals surface area contributed by atoms with E-state index in [1.807, 2.05) is 30.3 Å². The molecule has 0 spiro atoms. The van der Waals surface area contributed by atoms with Crippen LogP contribution < -0.4 is 9.47 Å². The average Bonchev–Trinajstić information content (AvgIpc) is 2.59. The van der Waals surface area contributed by atoms with Crippen LogP contribution >= 0.6 is 11.6 Å². The Hall–Kier alpha value is -2.70. The lowest BCUT2D eigenvalue weighted by Crippen LogP contribution is -1.96. The topological polar surface area (TPSA) is 42.2 Å². The summed E-state index contributed by atoms with van der Waals surface area (Å²) in [6.45, 7) is 4.02. The van der Waals surface area contributed by atoms with Crippen molar-refractivity contribution < 1.29 is 9.47 Å². The SMILES string of the molecule is C=CCOc1ccc(/C=C(/C#N)c2ccc(Cl)cc2)cc1OC. The molecule has 0 heterocycles. The molecule has 0 aromatic heterocycles. The standard InChI is InChI=1S/C19H16ClNO2/c1-3-10-23-18-9-4-14(12-19(18)22-2)11-16(13-21)15-5-7-17(20)8-6-15/h3-9,11-12H,1,10H2,2H3/b16-11-. The van der Waals surface area contributed by atoms with Crippen LogP contribution in [0.3, 0.4) is 0 Å². The smallest absolute Gasteiger partial charge is 0.161 e. The van der Waals surface area contributed by atoms with Gasteiger partial charge in [0.25, 0.3) is 0 Å². The first-order valence-electron chi connectivity index (χ1n) is 6.97. The minimum absolute atomic E-state index is 0.403. The fraction of sp³-hybridized carbons (Fsp3) is 0.105. The van der Waals surface area contributed by atoms with E-state index in [1.165, 1.54) is 0 Å². The van der Waals surface area contributed by atoms with Crippen molar-refractivity contribution in [3.63, 3.8) is 0 Å². The summed E-state index contributed by atoms with van der Waals surface area (Å²) in [7, 11) is 1.58. The third-order valence-electron chi connectivity index (χ3n) is 3.13. The maximum atomic E-state index is 9.39. The van der Waals surface area contributed by atoms with E-state index in [0.717, 1.165) is 11.1 Å². The van der Waals surface area contributed by atoms with E-state index in [9.17, 15) is 5.26 Å². The van der Waals surface area contributed by atoms with Gasteiger partial charge in [0.1, 0.15) is 6.61 Å². The summed E-state index contributed by atoms with van der Waals surface area (Å²) in [5.41, 5.74) is 2.20. The van der Waals surface area contributed by atoms with Crippen LogP contribution in [0.5, 0.6) is 11.5 Å². The summed E-state index contributed by atoms with van der Waals surface area (Å²) < 4.78 is 10.8. The summed E-state index contributed by atoms with van der Waals surface area (Å²) in [5.74, 6) is 1.24. The van der Waals surface area contributed by atoms with Crippen LogP contribution in [0.2, 0.25) is 5.02 Å². The van der Waals surface area contributed by atoms with E-state index in [2.05, 4.69) is 12.6 Å². The van der Waals surface area contributed by atoms with Gasteiger partial charge in [0.2, 0.25) is 0 Å². The number of benzene rings is 2. The number of rotatable bonds is 6. The quantitative estimate of drug-likeness (QED) is 0.427. The first-order chi connectivity index (χ1) is 11.2. The number of hydrogen-bond acceptors (Lipinski definition) is 3. The third-order valence-corrected chi connectivity index (χ3v) is 3.38. The number of methoxy groups -OCH3 is 1. The van der Waals surface area contributed by atoms with E-state index in [0.29, 0.717) is 28.7 Å². The zero-order chi connectivity index (χ0) is 16.7. The molecule has 0 atom stereocenters. The van der Waals surface area contributed by atoms with Gasteiger partial charge in [0.15, 0.2) is 11.5 Å². The Bertz CT molecular complexity index is 758. The molecule has 0 radical (unpaired) electrons. The maximum Gasteiger partial charge on any atom is 0.161 e. The first-order valence-corrected chi connectivity index (χ1v) is 7.35. The summed E-state index contributed by atoms with van der Waals surface area (Å²) in [4.78, 5) is 0. The Kier molecular flexibility index (Phi) is 5.85. The van der Waals surface area contributed by atoms with Crippen molar-refractivity contribution in [3.05, 3.63) is 71.3 Å². The lowest BCUT2D eigenvalue weighted by molar-refractivity contribution is 0.326. The Morgan fingerprint density at radius 1 is 1.22 bits per heavy atom. The Morgan fingerprint density at radius 2 is 1.96 bits per heavy atom. The molecule has 0 amide bonds. The molecule has 0 aliphatic heterocycles. The molecule has 0 saturated heterocycles. The minimum Gasteiger partial charge on any atom is -0.493 e. The second-order valence-electron chi connectivity index (χ2n) is 4.69. The molecule has 0 fully saturated rings. The molecule has 0 saturated carbocycles. The molecule has 23 heavy (non-hydrogen) atoms. The number of nitriles is 1. The Balaban J connectivity index is 2.34. The van der Waals surface area contributed by atoms with E-state index in [1.54, 1.807) is 31.4 Å². The first kappa shape index (κ1) is 16.7. The van der Waals surface area contributed by atoms with Gasteiger partial charge in [-0.3, -0.25) is 0 Å². The molecule has 2 aromatic rings. The van der Waals surface area contributed by atoms with E-state index in [4.69, 9.17) is 21.1 Å². The zero-order valence-corrected chi connectivity index (χ0v) is 13.5. The molecule has 0 aliphatic carbocycles. The van der Waals surface area contributed by atoms with Crippen LogP contribution in [0.15, 0.2) is 55.1 Å². The van der Waals surface area contributed by atoms with Crippen molar-refractivity contribution in [3.8, 4) is 17.6 Å². The zero-order valence-electron chi connectivity index (χ0n) is 12.8. The summed E-state index contributed by atoms with van der Waals surface area (Å²) in [6.07, 6.45) is 3.46. The van der Waals surface area contributed by atoms with Crippen LogP contribution in [0.4, 0.5) is 0 Å². The number of halogens is 1. The molecular weight excluding hydrogens is 310 g/mol. The summed E-state index contributed by atoms with van der Waals surface area (Å²) >= 11 is 5.88. The van der Waals surface area contributed by atoms with Crippen molar-refractivity contribution >= 4 is 23.3 Å². The van der Waals surface area contributed by atoms with E-state index >= 15 is 0 Å². The molecule has 0 bridgehead atoms. The highest BCUT2D eigenvalue weighted by molar-refractivity contribution is 6.30. The highest BCUT2D eigenvalue weighted by Crippen LogP contribution is 2.30. The lowest BCUT2D eigenvalue weighted by atomic mass is 10.0. The monoisotopic (exact) mass is 325 g/mol. The van der Waals surface area contributed by atoms with Crippen LogP contribution in [0.25, 0.3) is 11.6 Å². The number of nitrogens with zero attached hydrogens (tertiary/aromatic N) is 1. The van der Waals surface area contributed by atoms with E-state index in [-0.39, 0.29) is 0 Å². The molecule has 2 aromatic carbocycles. The van der Waals surface area contributed by atoms with Gasteiger partial charge in [-0.2, -0.15) is 5.26 Å². The third kappa shape index (κ3) is 4.38. The van der Waals surface area contributed by atoms with Gasteiger partial charge < -0.3 is 9.47 Å². The highest BCUT2D eigenvalue weighted by Gasteiger charge is 2.06. The van der Waals surface area contributed by atoms with Gasteiger partial charge in [-0.1, -0.05) is 42.5 Å². The summed E-state index contributed by atoms with van der Waals surface area (Å²) in [5, 5.41) is 10.0. The van der Waals surface area contributed by atoms with Crippen LogP contribution in [0.1, 0.15) is 11.1 Å². The molecule has 0 aliphatic rings. The molecule has 2 rings (SSSR count). The van der Waals surface area contributed by atoms with Crippen molar-refractivity contribution in [2.45, 2.75) is 0 Å². The molecule has 4 heteroatoms. The second kappa shape index (κ2) is 8.07. The largest absolute Gasteiger partial charge is 0.493 e. The Labute approximate surface area is 141 Å². The van der Waals surface area contributed by atoms with Gasteiger partial charge in [0.05, 0.1) is 18.8 Å². The molecule has 0 unspecified atom stereocenters. The van der Waals surface area contributed by atoms with Gasteiger partial charge in [0, 0.05) is 5.02 Å². The van der Waals surface area contributed by atoms with Crippen molar-refractivity contribution in [2.75, 3.05) is 13.7 Å². The molecule has 0 N–H and O–H groups in total. The van der Waals surface area contributed by atoms with Crippen LogP contribution in [-0.2, 0) is 0 Å². The fourth-order valence-electron chi connectivity index (χ4n) is 2.02. The number of allylic oxidation sites excluding steroid dienone is 1. The van der Waals surface area contributed by atoms with Gasteiger partial charge in [-0.25, -0.2) is 0 Å². The average molecular weight is 326 g/mol. The highest BCUT2D eigenvalue weighted by atomic mass is 35.5. The maximum absolute atomic E-state index is 9.39. The number of ether oxygens (including phenoxy) is 2. The molecular formula is C19H16ClNO2. The Morgan fingerprint density at radius 3 is 2.57 bits per heavy atom. The van der Waals surface area contributed by atoms with E-state index < -0.39 is 0 Å². The predicted octanol–water partition coefficient (Wildman–Crippen LogP) is 4.98. The van der Waals surface area contributed by atoms with Crippen molar-refractivity contribution in [2.24, 2.45) is 0 Å². The molecule has 3 nitrogen and oxygen atoms in total. The van der Waals surface area contributed by atoms with Crippen molar-refractivity contribution in [1.29, 1.82) is 5.26 Å².